The van der Waals surface area contributed by atoms with Gasteiger partial charge in [-0.05, 0) is 5.92 Å². The van der Waals surface area contributed by atoms with E-state index in [9.17, 15) is 4.79 Å². The Labute approximate surface area is 76.6 Å². The summed E-state index contributed by atoms with van der Waals surface area (Å²) in [6.07, 6.45) is 1.67. The van der Waals surface area contributed by atoms with Crippen molar-refractivity contribution in [1.82, 2.24) is 4.98 Å². The molecule has 0 spiro atoms. The second-order valence-corrected chi connectivity index (χ2v) is 4.13. The molecule has 1 atom stereocenters. The zero-order valence-electron chi connectivity index (χ0n) is 7.57. The molecular weight excluding hydrogens is 170 g/mol. The second-order valence-electron chi connectivity index (χ2n) is 3.23. The van der Waals surface area contributed by atoms with Crippen LogP contribution in [-0.2, 0) is 0 Å². The van der Waals surface area contributed by atoms with Crippen LogP contribution in [-0.4, -0.2) is 10.8 Å². The van der Waals surface area contributed by atoms with Gasteiger partial charge in [-0.3, -0.25) is 4.79 Å². The number of hydrogen-bond donors (Lipinski definition) is 0. The molecule has 0 aliphatic heterocycles. The molecule has 0 N–H and O–H groups in total. The molecule has 1 aromatic rings. The molecule has 0 aliphatic carbocycles. The van der Waals surface area contributed by atoms with Crippen molar-refractivity contribution in [2.75, 3.05) is 0 Å². The van der Waals surface area contributed by atoms with Crippen molar-refractivity contribution in [1.29, 1.82) is 0 Å². The smallest absolute Gasteiger partial charge is 0.194 e. The molecule has 66 valence electrons. The molecule has 0 bridgehead atoms. The SMILES string of the molecule is CC(C)[C@H](C)C(=O)c1nccs1. The molecule has 0 saturated carbocycles. The highest BCUT2D eigenvalue weighted by Gasteiger charge is 2.19. The van der Waals surface area contributed by atoms with Gasteiger partial charge in [-0.15, -0.1) is 11.3 Å². The molecule has 3 heteroatoms. The van der Waals surface area contributed by atoms with E-state index in [1.807, 2.05) is 12.3 Å². The number of thiazole rings is 1. The van der Waals surface area contributed by atoms with Gasteiger partial charge in [0.1, 0.15) is 0 Å². The first-order chi connectivity index (χ1) is 5.63. The predicted octanol–water partition coefficient (Wildman–Crippen LogP) is 2.62. The Morgan fingerprint density at radius 1 is 1.50 bits per heavy atom. The predicted molar refractivity (Wildman–Crippen MR) is 50.4 cm³/mol. The van der Waals surface area contributed by atoms with Gasteiger partial charge in [0.05, 0.1) is 0 Å². The maximum absolute atomic E-state index is 11.6. The first-order valence-corrected chi connectivity index (χ1v) is 4.94. The van der Waals surface area contributed by atoms with Crippen LogP contribution >= 0.6 is 11.3 Å². The minimum absolute atomic E-state index is 0.0798. The fourth-order valence-electron chi connectivity index (χ4n) is 0.843. The molecule has 0 amide bonds. The van der Waals surface area contributed by atoms with E-state index < -0.39 is 0 Å². The fraction of sp³-hybridized carbons (Fsp3) is 0.556. The third kappa shape index (κ3) is 1.91. The zero-order chi connectivity index (χ0) is 9.14. The summed E-state index contributed by atoms with van der Waals surface area (Å²) in [6.45, 7) is 6.06. The van der Waals surface area contributed by atoms with E-state index in [4.69, 9.17) is 0 Å². The van der Waals surface area contributed by atoms with Gasteiger partial charge >= 0.3 is 0 Å². The summed E-state index contributed by atoms with van der Waals surface area (Å²) in [5, 5.41) is 2.47. The van der Waals surface area contributed by atoms with Gasteiger partial charge in [-0.25, -0.2) is 4.98 Å². The molecular formula is C9H13NOS. The molecule has 1 heterocycles. The van der Waals surface area contributed by atoms with E-state index in [1.54, 1.807) is 6.20 Å². The number of carbonyl (C=O) groups is 1. The molecule has 0 aliphatic rings. The summed E-state index contributed by atoms with van der Waals surface area (Å²) in [7, 11) is 0. The zero-order valence-corrected chi connectivity index (χ0v) is 8.39. The topological polar surface area (TPSA) is 30.0 Å². The maximum atomic E-state index is 11.6. The summed E-state index contributed by atoms with van der Waals surface area (Å²) in [5.74, 6) is 0.637. The Morgan fingerprint density at radius 3 is 2.58 bits per heavy atom. The van der Waals surface area contributed by atoms with E-state index in [0.29, 0.717) is 10.9 Å². The van der Waals surface area contributed by atoms with Crippen LogP contribution in [0, 0.1) is 11.8 Å². The number of ketones is 1. The second kappa shape index (κ2) is 3.81. The van der Waals surface area contributed by atoms with Crippen molar-refractivity contribution in [2.45, 2.75) is 20.8 Å². The van der Waals surface area contributed by atoms with Crippen LogP contribution in [0.4, 0.5) is 0 Å². The summed E-state index contributed by atoms with van der Waals surface area (Å²) in [4.78, 5) is 15.6. The van der Waals surface area contributed by atoms with Crippen LogP contribution in [0.2, 0.25) is 0 Å². The third-order valence-electron chi connectivity index (χ3n) is 2.06. The van der Waals surface area contributed by atoms with Crippen molar-refractivity contribution in [3.05, 3.63) is 16.6 Å². The maximum Gasteiger partial charge on any atom is 0.194 e. The summed E-state index contributed by atoms with van der Waals surface area (Å²) in [6, 6.07) is 0. The van der Waals surface area contributed by atoms with Gasteiger partial charge in [0, 0.05) is 17.5 Å². The molecule has 0 aromatic carbocycles. The average molecular weight is 183 g/mol. The first kappa shape index (κ1) is 9.39. The Balaban J connectivity index is 2.72. The third-order valence-corrected chi connectivity index (χ3v) is 2.84. The highest BCUT2D eigenvalue weighted by molar-refractivity contribution is 7.11. The molecule has 0 unspecified atom stereocenters. The molecule has 0 radical (unpaired) electrons. The van der Waals surface area contributed by atoms with Crippen LogP contribution in [0.1, 0.15) is 30.6 Å². The molecule has 1 rings (SSSR count). The normalized spacial score (nSPS) is 13.3. The van der Waals surface area contributed by atoms with E-state index in [-0.39, 0.29) is 11.7 Å². The van der Waals surface area contributed by atoms with E-state index in [1.165, 1.54) is 11.3 Å². The van der Waals surface area contributed by atoms with Crippen LogP contribution in [0.25, 0.3) is 0 Å². The lowest BCUT2D eigenvalue weighted by Gasteiger charge is -2.11. The van der Waals surface area contributed by atoms with Crippen LogP contribution in [0.15, 0.2) is 11.6 Å². The van der Waals surface area contributed by atoms with Gasteiger partial charge in [0.2, 0.25) is 0 Å². The van der Waals surface area contributed by atoms with E-state index in [2.05, 4.69) is 18.8 Å². The van der Waals surface area contributed by atoms with Crippen molar-refractivity contribution >= 4 is 17.1 Å². The number of carbonyl (C=O) groups excluding carboxylic acids is 1. The number of nitrogens with zero attached hydrogens (tertiary/aromatic N) is 1. The van der Waals surface area contributed by atoms with Crippen LogP contribution < -0.4 is 0 Å². The average Bonchev–Trinajstić information content (AvgIpc) is 2.53. The van der Waals surface area contributed by atoms with Crippen molar-refractivity contribution in [3.8, 4) is 0 Å². The monoisotopic (exact) mass is 183 g/mol. The molecule has 2 nitrogen and oxygen atoms in total. The molecule has 0 fully saturated rings. The fourth-order valence-corrected chi connectivity index (χ4v) is 1.52. The highest BCUT2D eigenvalue weighted by Crippen LogP contribution is 2.17. The lowest BCUT2D eigenvalue weighted by atomic mass is 9.94. The van der Waals surface area contributed by atoms with Gasteiger partial charge in [-0.2, -0.15) is 0 Å². The largest absolute Gasteiger partial charge is 0.291 e. The highest BCUT2D eigenvalue weighted by atomic mass is 32.1. The Bertz CT molecular complexity index is 254. The minimum Gasteiger partial charge on any atom is -0.291 e. The minimum atomic E-state index is 0.0798. The lowest BCUT2D eigenvalue weighted by molar-refractivity contribution is 0.0899. The van der Waals surface area contributed by atoms with E-state index >= 15 is 0 Å². The van der Waals surface area contributed by atoms with Gasteiger partial charge in [0.15, 0.2) is 10.8 Å². The molecule has 0 saturated heterocycles. The summed E-state index contributed by atoms with van der Waals surface area (Å²) in [5.41, 5.74) is 0. The van der Waals surface area contributed by atoms with Crippen LogP contribution in [0.5, 0.6) is 0 Å². The number of hydrogen-bond acceptors (Lipinski definition) is 3. The molecule has 12 heavy (non-hydrogen) atoms. The number of Topliss-reactive ketones (excluding diaryl/α,β-unsaturated/α-hetero) is 1. The standard InChI is InChI=1S/C9H13NOS/c1-6(2)7(3)8(11)9-10-4-5-12-9/h4-7H,1-3H3/t7-/m0/s1. The Morgan fingerprint density at radius 2 is 2.17 bits per heavy atom. The first-order valence-electron chi connectivity index (χ1n) is 4.06. The van der Waals surface area contributed by atoms with Crippen molar-refractivity contribution in [3.63, 3.8) is 0 Å². The number of rotatable bonds is 3. The Kier molecular flexibility index (Phi) is 2.98. The van der Waals surface area contributed by atoms with Gasteiger partial charge < -0.3 is 0 Å². The number of aromatic nitrogens is 1. The Hall–Kier alpha value is -0.700. The molecule has 1 aromatic heterocycles. The van der Waals surface area contributed by atoms with Crippen molar-refractivity contribution < 1.29 is 4.79 Å². The van der Waals surface area contributed by atoms with Gasteiger partial charge in [-0.1, -0.05) is 20.8 Å². The summed E-state index contributed by atoms with van der Waals surface area (Å²) >= 11 is 1.42. The van der Waals surface area contributed by atoms with E-state index in [0.717, 1.165) is 0 Å². The van der Waals surface area contributed by atoms with Crippen molar-refractivity contribution in [2.24, 2.45) is 11.8 Å². The van der Waals surface area contributed by atoms with Crippen LogP contribution in [0.3, 0.4) is 0 Å². The lowest BCUT2D eigenvalue weighted by Crippen LogP contribution is -2.16. The quantitative estimate of drug-likeness (QED) is 0.674. The van der Waals surface area contributed by atoms with Gasteiger partial charge in [0.25, 0.3) is 0 Å². The summed E-state index contributed by atoms with van der Waals surface area (Å²) < 4.78 is 0.